The van der Waals surface area contributed by atoms with Crippen LogP contribution in [0.25, 0.3) is 0 Å². The number of nitrogens with one attached hydrogen (secondary N) is 2. The highest BCUT2D eigenvalue weighted by atomic mass is 19.1. The maximum absolute atomic E-state index is 13.5. The number of methoxy groups -OCH3 is 1. The van der Waals surface area contributed by atoms with Gasteiger partial charge in [0.15, 0.2) is 0 Å². The molecule has 1 atom stereocenters. The monoisotopic (exact) mass is 334 g/mol. The predicted molar refractivity (Wildman–Crippen MR) is 88.9 cm³/mol. The van der Waals surface area contributed by atoms with Crippen molar-refractivity contribution in [1.29, 1.82) is 0 Å². The van der Waals surface area contributed by atoms with Gasteiger partial charge in [-0.2, -0.15) is 0 Å². The van der Waals surface area contributed by atoms with E-state index in [0.717, 1.165) is 11.6 Å². The van der Waals surface area contributed by atoms with Crippen LogP contribution < -0.4 is 10.6 Å². The lowest BCUT2D eigenvalue weighted by molar-refractivity contribution is 0.119. The summed E-state index contributed by atoms with van der Waals surface area (Å²) in [6, 6.07) is 10.3. The number of halogens is 2. The van der Waals surface area contributed by atoms with E-state index >= 15 is 0 Å². The quantitative estimate of drug-likeness (QED) is 0.838. The van der Waals surface area contributed by atoms with Crippen LogP contribution in [0.4, 0.5) is 19.3 Å². The molecule has 0 spiro atoms. The van der Waals surface area contributed by atoms with Gasteiger partial charge in [-0.25, -0.2) is 13.6 Å². The lowest BCUT2D eigenvalue weighted by Crippen LogP contribution is -2.30. The van der Waals surface area contributed by atoms with Crippen LogP contribution in [0.15, 0.2) is 42.5 Å². The maximum Gasteiger partial charge on any atom is 0.319 e. The smallest absolute Gasteiger partial charge is 0.319 e. The average Bonchev–Trinajstić information content (AvgIpc) is 2.56. The van der Waals surface area contributed by atoms with Crippen molar-refractivity contribution < 1.29 is 18.3 Å². The molecule has 2 aromatic rings. The SMILES string of the molecule is CO[C@H](C)c1cccc(NC(=O)NCCc2ccc(F)cc2F)c1. The molecule has 2 aromatic carbocycles. The van der Waals surface area contributed by atoms with Crippen LogP contribution in [0.5, 0.6) is 0 Å². The molecule has 6 heteroatoms. The molecule has 2 N–H and O–H groups in total. The molecule has 2 amide bonds. The molecule has 2 rings (SSSR count). The molecule has 0 aliphatic heterocycles. The average molecular weight is 334 g/mol. The molecule has 0 saturated heterocycles. The number of hydrogen-bond donors (Lipinski definition) is 2. The minimum atomic E-state index is -0.618. The fraction of sp³-hybridized carbons (Fsp3) is 0.278. The third-order valence-corrected chi connectivity index (χ3v) is 3.66. The predicted octanol–water partition coefficient (Wildman–Crippen LogP) is 4.04. The largest absolute Gasteiger partial charge is 0.377 e. The first-order chi connectivity index (χ1) is 11.5. The molecule has 0 aliphatic carbocycles. The summed E-state index contributed by atoms with van der Waals surface area (Å²) in [6.45, 7) is 2.15. The summed E-state index contributed by atoms with van der Waals surface area (Å²) >= 11 is 0. The Morgan fingerprint density at radius 2 is 2.00 bits per heavy atom. The third-order valence-electron chi connectivity index (χ3n) is 3.66. The first-order valence-corrected chi connectivity index (χ1v) is 7.61. The van der Waals surface area contributed by atoms with E-state index in [0.29, 0.717) is 11.3 Å². The molecule has 128 valence electrons. The molecule has 4 nitrogen and oxygen atoms in total. The van der Waals surface area contributed by atoms with Crippen LogP contribution in [-0.2, 0) is 11.2 Å². The van der Waals surface area contributed by atoms with Gasteiger partial charge in [0.25, 0.3) is 0 Å². The summed E-state index contributed by atoms with van der Waals surface area (Å²) < 4.78 is 31.6. The number of ether oxygens (including phenoxy) is 1. The van der Waals surface area contributed by atoms with Crippen LogP contribution in [0, 0.1) is 11.6 Å². The number of benzene rings is 2. The number of carbonyl (C=O) groups is 1. The molecule has 0 unspecified atom stereocenters. The van der Waals surface area contributed by atoms with Crippen LogP contribution in [-0.4, -0.2) is 19.7 Å². The maximum atomic E-state index is 13.5. The Morgan fingerprint density at radius 1 is 1.21 bits per heavy atom. The Hall–Kier alpha value is -2.47. The number of urea groups is 1. The van der Waals surface area contributed by atoms with Crippen LogP contribution in [0.1, 0.15) is 24.2 Å². The second-order valence-corrected chi connectivity index (χ2v) is 5.37. The van der Waals surface area contributed by atoms with E-state index in [9.17, 15) is 13.6 Å². The Morgan fingerprint density at radius 3 is 2.71 bits per heavy atom. The molecule has 0 saturated carbocycles. The van der Waals surface area contributed by atoms with Gasteiger partial charge in [-0.1, -0.05) is 18.2 Å². The lowest BCUT2D eigenvalue weighted by atomic mass is 10.1. The zero-order chi connectivity index (χ0) is 17.5. The van der Waals surface area contributed by atoms with Crippen LogP contribution in [0.2, 0.25) is 0 Å². The van der Waals surface area contributed by atoms with E-state index in [1.54, 1.807) is 13.2 Å². The molecular weight excluding hydrogens is 314 g/mol. The van der Waals surface area contributed by atoms with E-state index in [-0.39, 0.29) is 25.1 Å². The van der Waals surface area contributed by atoms with E-state index in [1.165, 1.54) is 12.1 Å². The summed E-state index contributed by atoms with van der Waals surface area (Å²) in [7, 11) is 1.62. The van der Waals surface area contributed by atoms with E-state index in [1.807, 2.05) is 25.1 Å². The Kier molecular flexibility index (Phi) is 6.26. The van der Waals surface area contributed by atoms with Crippen molar-refractivity contribution in [2.24, 2.45) is 0 Å². The summed E-state index contributed by atoms with van der Waals surface area (Å²) in [5, 5.41) is 5.35. The fourth-order valence-corrected chi connectivity index (χ4v) is 2.22. The highest BCUT2D eigenvalue weighted by Crippen LogP contribution is 2.19. The molecule has 0 fully saturated rings. The van der Waals surface area contributed by atoms with Crippen molar-refractivity contribution >= 4 is 11.7 Å². The first-order valence-electron chi connectivity index (χ1n) is 7.61. The molecular formula is C18H20F2N2O2. The van der Waals surface area contributed by atoms with Crippen molar-refractivity contribution in [1.82, 2.24) is 5.32 Å². The van der Waals surface area contributed by atoms with Gasteiger partial charge in [0.2, 0.25) is 0 Å². The lowest BCUT2D eigenvalue weighted by Gasteiger charge is -2.12. The Bertz CT molecular complexity index is 707. The highest BCUT2D eigenvalue weighted by Gasteiger charge is 2.07. The van der Waals surface area contributed by atoms with Gasteiger partial charge >= 0.3 is 6.03 Å². The van der Waals surface area contributed by atoms with Gasteiger partial charge < -0.3 is 15.4 Å². The van der Waals surface area contributed by atoms with Gasteiger partial charge in [0.1, 0.15) is 11.6 Å². The molecule has 0 aliphatic rings. The molecule has 24 heavy (non-hydrogen) atoms. The summed E-state index contributed by atoms with van der Waals surface area (Å²) in [6.07, 6.45) is 0.205. The van der Waals surface area contributed by atoms with Gasteiger partial charge in [-0.05, 0) is 42.7 Å². The third kappa shape index (κ3) is 5.03. The second-order valence-electron chi connectivity index (χ2n) is 5.37. The van der Waals surface area contributed by atoms with Crippen LogP contribution in [0.3, 0.4) is 0 Å². The minimum absolute atomic E-state index is 0.0729. The Labute approximate surface area is 139 Å². The number of carbonyl (C=O) groups excluding carboxylic acids is 1. The fourth-order valence-electron chi connectivity index (χ4n) is 2.22. The van der Waals surface area contributed by atoms with Crippen LogP contribution >= 0.6 is 0 Å². The zero-order valence-corrected chi connectivity index (χ0v) is 13.6. The highest BCUT2D eigenvalue weighted by molar-refractivity contribution is 5.89. The number of rotatable bonds is 6. The Balaban J connectivity index is 1.85. The molecule has 0 aromatic heterocycles. The number of anilines is 1. The van der Waals surface area contributed by atoms with Crippen molar-refractivity contribution in [2.45, 2.75) is 19.4 Å². The van der Waals surface area contributed by atoms with Crippen molar-refractivity contribution in [3.63, 3.8) is 0 Å². The summed E-state index contributed by atoms with van der Waals surface area (Å²) in [5.41, 5.74) is 1.94. The van der Waals surface area contributed by atoms with Crippen molar-refractivity contribution in [3.8, 4) is 0 Å². The zero-order valence-electron chi connectivity index (χ0n) is 13.6. The van der Waals surface area contributed by atoms with Crippen molar-refractivity contribution in [2.75, 3.05) is 19.0 Å². The molecule has 0 bridgehead atoms. The van der Waals surface area contributed by atoms with E-state index in [4.69, 9.17) is 4.74 Å². The van der Waals surface area contributed by atoms with Gasteiger partial charge in [-0.3, -0.25) is 0 Å². The molecule has 0 heterocycles. The first kappa shape index (κ1) is 17.9. The van der Waals surface area contributed by atoms with Gasteiger partial charge in [0.05, 0.1) is 6.10 Å². The normalized spacial score (nSPS) is 11.8. The van der Waals surface area contributed by atoms with Gasteiger partial charge in [0, 0.05) is 25.4 Å². The number of amides is 2. The van der Waals surface area contributed by atoms with E-state index in [2.05, 4.69) is 10.6 Å². The minimum Gasteiger partial charge on any atom is -0.377 e. The standard InChI is InChI=1S/C18H20F2N2O2/c1-12(24-2)14-4-3-5-16(10-14)22-18(23)21-9-8-13-6-7-15(19)11-17(13)20/h3-7,10-12H,8-9H2,1-2H3,(H2,21,22,23)/t12-/m1/s1. The second kappa shape index (κ2) is 8.40. The van der Waals surface area contributed by atoms with E-state index < -0.39 is 11.6 Å². The summed E-state index contributed by atoms with van der Waals surface area (Å²) in [5.74, 6) is -1.23. The topological polar surface area (TPSA) is 50.4 Å². The number of hydrogen-bond acceptors (Lipinski definition) is 2. The summed E-state index contributed by atoms with van der Waals surface area (Å²) in [4.78, 5) is 11.9. The molecule has 0 radical (unpaired) electrons. The van der Waals surface area contributed by atoms with Gasteiger partial charge in [-0.15, -0.1) is 0 Å². The van der Waals surface area contributed by atoms with Crippen molar-refractivity contribution in [3.05, 3.63) is 65.2 Å².